The van der Waals surface area contributed by atoms with Crippen molar-refractivity contribution < 1.29 is 0 Å². The van der Waals surface area contributed by atoms with Crippen LogP contribution in [0.15, 0.2) is 16.7 Å². The summed E-state index contributed by atoms with van der Waals surface area (Å²) in [5.41, 5.74) is 1.13. The Morgan fingerprint density at radius 3 is 2.50 bits per heavy atom. The Hall–Kier alpha value is -0.280. The molecule has 1 aromatic heterocycles. The van der Waals surface area contributed by atoms with Crippen molar-refractivity contribution in [2.45, 2.75) is 39.2 Å². The van der Waals surface area contributed by atoms with Crippen molar-refractivity contribution in [2.24, 2.45) is 0 Å². The topological polar surface area (TPSA) is 24.9 Å². The van der Waals surface area contributed by atoms with Gasteiger partial charge in [0.2, 0.25) is 0 Å². The van der Waals surface area contributed by atoms with Gasteiger partial charge in [0.1, 0.15) is 5.82 Å². The number of rotatable bonds is 5. The molecular formula is C12H18BrClN2. The number of pyridine rings is 1. The Balaban J connectivity index is 2.89. The minimum atomic E-state index is -0.0468. The molecule has 90 valence electrons. The molecule has 0 fully saturated rings. The highest BCUT2D eigenvalue weighted by Crippen LogP contribution is 2.24. The highest BCUT2D eigenvalue weighted by atomic mass is 79.9. The number of anilines is 1. The minimum Gasteiger partial charge on any atom is -0.363 e. The third-order valence-corrected chi connectivity index (χ3v) is 4.39. The maximum Gasteiger partial charge on any atom is 0.126 e. The van der Waals surface area contributed by atoms with Crippen LogP contribution in [0.3, 0.4) is 0 Å². The van der Waals surface area contributed by atoms with Gasteiger partial charge in [-0.1, -0.05) is 13.8 Å². The average molecular weight is 306 g/mol. The fourth-order valence-corrected chi connectivity index (χ4v) is 2.19. The van der Waals surface area contributed by atoms with E-state index in [1.165, 1.54) is 5.56 Å². The predicted octanol–water partition coefficient (Wildman–Crippen LogP) is 4.36. The summed E-state index contributed by atoms with van der Waals surface area (Å²) in [6.07, 6.45) is 3.80. The molecule has 0 saturated heterocycles. The van der Waals surface area contributed by atoms with Crippen molar-refractivity contribution in [1.29, 1.82) is 0 Å². The smallest absolute Gasteiger partial charge is 0.126 e. The van der Waals surface area contributed by atoms with E-state index in [9.17, 15) is 0 Å². The molecule has 0 aliphatic heterocycles. The van der Waals surface area contributed by atoms with E-state index >= 15 is 0 Å². The lowest BCUT2D eigenvalue weighted by Gasteiger charge is -2.31. The zero-order valence-electron chi connectivity index (χ0n) is 9.98. The van der Waals surface area contributed by atoms with E-state index in [1.807, 2.05) is 12.3 Å². The van der Waals surface area contributed by atoms with Gasteiger partial charge in [-0.2, -0.15) is 0 Å². The van der Waals surface area contributed by atoms with Crippen molar-refractivity contribution in [1.82, 2.24) is 4.98 Å². The van der Waals surface area contributed by atoms with E-state index in [2.05, 4.69) is 47.0 Å². The molecule has 0 atom stereocenters. The summed E-state index contributed by atoms with van der Waals surface area (Å²) < 4.78 is 1.03. The molecular weight excluding hydrogens is 288 g/mol. The lowest BCUT2D eigenvalue weighted by atomic mass is 9.95. The van der Waals surface area contributed by atoms with E-state index in [0.29, 0.717) is 5.88 Å². The van der Waals surface area contributed by atoms with Crippen LogP contribution < -0.4 is 5.32 Å². The number of halogens is 2. The highest BCUT2D eigenvalue weighted by molar-refractivity contribution is 9.10. The molecule has 0 bridgehead atoms. The number of alkyl halides is 1. The van der Waals surface area contributed by atoms with Crippen LogP contribution >= 0.6 is 27.5 Å². The molecule has 0 aliphatic carbocycles. The van der Waals surface area contributed by atoms with Gasteiger partial charge in [0.15, 0.2) is 0 Å². The molecule has 1 rings (SSSR count). The molecule has 1 N–H and O–H groups in total. The van der Waals surface area contributed by atoms with E-state index in [0.717, 1.165) is 23.1 Å². The Bertz CT molecular complexity index is 343. The molecule has 0 unspecified atom stereocenters. The Kier molecular flexibility index (Phi) is 5.06. The van der Waals surface area contributed by atoms with Gasteiger partial charge < -0.3 is 5.32 Å². The van der Waals surface area contributed by atoms with Crippen LogP contribution in [-0.4, -0.2) is 16.4 Å². The number of hydrogen-bond acceptors (Lipinski definition) is 2. The van der Waals surface area contributed by atoms with Crippen molar-refractivity contribution in [3.8, 4) is 0 Å². The first kappa shape index (κ1) is 13.8. The summed E-state index contributed by atoms with van der Waals surface area (Å²) in [5.74, 6) is 1.49. The first-order chi connectivity index (χ1) is 7.56. The van der Waals surface area contributed by atoms with Gasteiger partial charge in [-0.25, -0.2) is 4.98 Å². The van der Waals surface area contributed by atoms with E-state index in [4.69, 9.17) is 11.6 Å². The van der Waals surface area contributed by atoms with E-state index in [1.54, 1.807) is 0 Å². The van der Waals surface area contributed by atoms with Crippen LogP contribution in [0.4, 0.5) is 5.82 Å². The van der Waals surface area contributed by atoms with Crippen LogP contribution in [-0.2, 0) is 0 Å². The number of hydrogen-bond donors (Lipinski definition) is 1. The number of aromatic nitrogens is 1. The summed E-state index contributed by atoms with van der Waals surface area (Å²) >= 11 is 9.49. The normalized spacial score (nSPS) is 11.6. The standard InChI is InChI=1S/C12H18BrClN2/c1-4-12(5-2,8-14)16-11-6-9(3)10(13)7-15-11/h6-7H,4-5,8H2,1-3H3,(H,15,16). The van der Waals surface area contributed by atoms with Crippen LogP contribution in [0.1, 0.15) is 32.3 Å². The first-order valence-electron chi connectivity index (χ1n) is 5.53. The van der Waals surface area contributed by atoms with Crippen LogP contribution in [0.5, 0.6) is 0 Å². The van der Waals surface area contributed by atoms with E-state index < -0.39 is 0 Å². The Morgan fingerprint density at radius 2 is 2.06 bits per heavy atom. The second-order valence-corrected chi connectivity index (χ2v) is 5.19. The molecule has 1 heterocycles. The van der Waals surface area contributed by atoms with Crippen molar-refractivity contribution >= 4 is 33.3 Å². The second kappa shape index (κ2) is 5.87. The molecule has 0 aromatic carbocycles. The zero-order chi connectivity index (χ0) is 12.2. The largest absolute Gasteiger partial charge is 0.363 e. The maximum atomic E-state index is 6.05. The summed E-state index contributed by atoms with van der Waals surface area (Å²) in [6, 6.07) is 2.04. The SMILES string of the molecule is CCC(CC)(CCl)Nc1cc(C)c(Br)cn1. The fraction of sp³-hybridized carbons (Fsp3) is 0.583. The third-order valence-electron chi connectivity index (χ3n) is 3.05. The molecule has 0 amide bonds. The minimum absolute atomic E-state index is 0.0468. The Morgan fingerprint density at radius 1 is 1.44 bits per heavy atom. The van der Waals surface area contributed by atoms with Crippen LogP contribution in [0.2, 0.25) is 0 Å². The molecule has 0 radical (unpaired) electrons. The van der Waals surface area contributed by atoms with Crippen molar-refractivity contribution in [3.63, 3.8) is 0 Å². The zero-order valence-corrected chi connectivity index (χ0v) is 12.3. The summed E-state index contributed by atoms with van der Waals surface area (Å²) in [7, 11) is 0. The van der Waals surface area contributed by atoms with Gasteiger partial charge in [0, 0.05) is 16.5 Å². The van der Waals surface area contributed by atoms with Crippen LogP contribution in [0.25, 0.3) is 0 Å². The van der Waals surface area contributed by atoms with Crippen molar-refractivity contribution in [3.05, 3.63) is 22.3 Å². The summed E-state index contributed by atoms with van der Waals surface area (Å²) in [6.45, 7) is 6.34. The lowest BCUT2D eigenvalue weighted by molar-refractivity contribution is 0.482. The summed E-state index contributed by atoms with van der Waals surface area (Å²) in [5, 5.41) is 3.45. The molecule has 4 heteroatoms. The van der Waals surface area contributed by atoms with Gasteiger partial charge >= 0.3 is 0 Å². The molecule has 1 aromatic rings. The van der Waals surface area contributed by atoms with Gasteiger partial charge in [0.25, 0.3) is 0 Å². The quantitative estimate of drug-likeness (QED) is 0.818. The lowest BCUT2D eigenvalue weighted by Crippen LogP contribution is -2.39. The average Bonchev–Trinajstić information content (AvgIpc) is 2.31. The van der Waals surface area contributed by atoms with Crippen LogP contribution in [0, 0.1) is 6.92 Å². The number of nitrogens with zero attached hydrogens (tertiary/aromatic N) is 1. The number of aryl methyl sites for hydroxylation is 1. The molecule has 0 saturated carbocycles. The predicted molar refractivity (Wildman–Crippen MR) is 74.3 cm³/mol. The monoisotopic (exact) mass is 304 g/mol. The van der Waals surface area contributed by atoms with Crippen molar-refractivity contribution in [2.75, 3.05) is 11.2 Å². The highest BCUT2D eigenvalue weighted by Gasteiger charge is 2.25. The van der Waals surface area contributed by atoms with Gasteiger partial charge in [-0.15, -0.1) is 11.6 Å². The van der Waals surface area contributed by atoms with Gasteiger partial charge in [-0.05, 0) is 47.3 Å². The van der Waals surface area contributed by atoms with Gasteiger partial charge in [-0.3, -0.25) is 0 Å². The third kappa shape index (κ3) is 3.11. The Labute approximate surface area is 111 Å². The van der Waals surface area contributed by atoms with E-state index in [-0.39, 0.29) is 5.54 Å². The second-order valence-electron chi connectivity index (χ2n) is 4.06. The van der Waals surface area contributed by atoms with Gasteiger partial charge in [0.05, 0.1) is 5.54 Å². The molecule has 2 nitrogen and oxygen atoms in total. The number of nitrogens with one attached hydrogen (secondary N) is 1. The fourth-order valence-electron chi connectivity index (χ4n) is 1.53. The molecule has 16 heavy (non-hydrogen) atoms. The summed E-state index contributed by atoms with van der Waals surface area (Å²) in [4.78, 5) is 4.35. The molecule has 0 spiro atoms. The first-order valence-corrected chi connectivity index (χ1v) is 6.86. The maximum absolute atomic E-state index is 6.05. The molecule has 0 aliphatic rings.